The van der Waals surface area contributed by atoms with Crippen LogP contribution in [0.15, 0.2) is 42.5 Å². The Hall–Kier alpha value is -1.91. The zero-order valence-electron chi connectivity index (χ0n) is 12.0. The summed E-state index contributed by atoms with van der Waals surface area (Å²) in [7, 11) is 3.19. The highest BCUT2D eigenvalue weighted by atomic mass is 35.5. The van der Waals surface area contributed by atoms with Gasteiger partial charge in [0.05, 0.1) is 26.9 Å². The van der Waals surface area contributed by atoms with Crippen molar-refractivity contribution in [2.24, 2.45) is 0 Å². The van der Waals surface area contributed by atoms with Crippen molar-refractivity contribution in [1.29, 1.82) is 0 Å². The third-order valence-electron chi connectivity index (χ3n) is 3.17. The fourth-order valence-electron chi connectivity index (χ4n) is 2.16. The molecule has 0 bridgehead atoms. The van der Waals surface area contributed by atoms with Gasteiger partial charge in [-0.1, -0.05) is 23.7 Å². The first kappa shape index (κ1) is 15.5. The Morgan fingerprint density at radius 1 is 1.14 bits per heavy atom. The number of aliphatic hydroxyl groups excluding tert-OH is 1. The van der Waals surface area contributed by atoms with E-state index in [0.29, 0.717) is 10.8 Å². The molecule has 1 atom stereocenters. The minimum absolute atomic E-state index is 0.114. The summed E-state index contributed by atoms with van der Waals surface area (Å²) in [5.74, 6) is 1.37. The van der Waals surface area contributed by atoms with Crippen LogP contribution in [0.2, 0.25) is 5.02 Å². The van der Waals surface area contributed by atoms with Crippen molar-refractivity contribution in [2.75, 3.05) is 26.1 Å². The van der Waals surface area contributed by atoms with E-state index in [1.807, 2.05) is 36.4 Å². The van der Waals surface area contributed by atoms with Gasteiger partial charge < -0.3 is 19.9 Å². The first-order valence-electron chi connectivity index (χ1n) is 6.53. The average Bonchev–Trinajstić information content (AvgIpc) is 2.53. The van der Waals surface area contributed by atoms with Crippen LogP contribution in [0.3, 0.4) is 0 Å². The van der Waals surface area contributed by atoms with Crippen LogP contribution in [0.25, 0.3) is 0 Å². The van der Waals surface area contributed by atoms with Crippen LogP contribution < -0.4 is 14.8 Å². The minimum atomic E-state index is -0.374. The van der Waals surface area contributed by atoms with Crippen LogP contribution in [0.4, 0.5) is 5.69 Å². The third-order valence-corrected chi connectivity index (χ3v) is 3.50. The highest BCUT2D eigenvalue weighted by molar-refractivity contribution is 6.31. The molecule has 2 aromatic rings. The van der Waals surface area contributed by atoms with Crippen molar-refractivity contribution in [3.63, 3.8) is 0 Å². The number of ether oxygens (including phenoxy) is 2. The van der Waals surface area contributed by atoms with Crippen LogP contribution in [0, 0.1) is 0 Å². The van der Waals surface area contributed by atoms with E-state index >= 15 is 0 Å². The quantitative estimate of drug-likeness (QED) is 0.857. The van der Waals surface area contributed by atoms with Crippen molar-refractivity contribution in [2.45, 2.75) is 6.04 Å². The van der Waals surface area contributed by atoms with E-state index in [1.165, 1.54) is 0 Å². The van der Waals surface area contributed by atoms with Crippen molar-refractivity contribution >= 4 is 17.3 Å². The molecule has 0 radical (unpaired) electrons. The monoisotopic (exact) mass is 307 g/mol. The van der Waals surface area contributed by atoms with E-state index in [2.05, 4.69) is 5.32 Å². The molecule has 0 fully saturated rings. The summed E-state index contributed by atoms with van der Waals surface area (Å²) in [5, 5.41) is 13.5. The number of anilines is 1. The van der Waals surface area contributed by atoms with Crippen molar-refractivity contribution in [3.8, 4) is 11.5 Å². The number of methoxy groups -OCH3 is 2. The second-order valence-electron chi connectivity index (χ2n) is 4.47. The molecule has 2 aromatic carbocycles. The summed E-state index contributed by atoms with van der Waals surface area (Å²) in [6.07, 6.45) is 0. The smallest absolute Gasteiger partial charge is 0.125 e. The standard InChI is InChI=1S/C16H18ClNO3/c1-20-12-6-3-5-11(9-12)18-14(10-19)16-13(17)7-4-8-15(16)21-2/h3-9,14,18-19H,10H2,1-2H3. The Morgan fingerprint density at radius 2 is 1.90 bits per heavy atom. The number of halogens is 1. The van der Waals surface area contributed by atoms with E-state index in [0.717, 1.165) is 17.0 Å². The summed E-state index contributed by atoms with van der Waals surface area (Å²) < 4.78 is 10.5. The minimum Gasteiger partial charge on any atom is -0.497 e. The van der Waals surface area contributed by atoms with Crippen molar-refractivity contribution in [1.82, 2.24) is 0 Å². The molecule has 0 saturated carbocycles. The lowest BCUT2D eigenvalue weighted by Crippen LogP contribution is -2.16. The van der Waals surface area contributed by atoms with Crippen LogP contribution >= 0.6 is 11.6 Å². The summed E-state index contributed by atoms with van der Waals surface area (Å²) in [6.45, 7) is -0.114. The molecule has 0 aliphatic rings. The fourth-order valence-corrected chi connectivity index (χ4v) is 2.45. The molecule has 2 N–H and O–H groups in total. The maximum Gasteiger partial charge on any atom is 0.125 e. The highest BCUT2D eigenvalue weighted by Gasteiger charge is 2.18. The lowest BCUT2D eigenvalue weighted by Gasteiger charge is -2.21. The predicted octanol–water partition coefficient (Wildman–Crippen LogP) is 3.50. The summed E-state index contributed by atoms with van der Waals surface area (Å²) in [5.41, 5.74) is 1.56. The number of aliphatic hydroxyl groups is 1. The van der Waals surface area contributed by atoms with Gasteiger partial charge in [0.2, 0.25) is 0 Å². The first-order chi connectivity index (χ1) is 10.2. The molecule has 112 valence electrons. The molecule has 5 heteroatoms. The van der Waals surface area contributed by atoms with Gasteiger partial charge in [-0.15, -0.1) is 0 Å². The maximum atomic E-state index is 9.70. The Balaban J connectivity index is 2.32. The van der Waals surface area contributed by atoms with Crippen LogP contribution in [0.1, 0.15) is 11.6 Å². The van der Waals surface area contributed by atoms with E-state index < -0.39 is 0 Å². The van der Waals surface area contributed by atoms with Gasteiger partial charge in [-0.25, -0.2) is 0 Å². The number of hydrogen-bond donors (Lipinski definition) is 2. The van der Waals surface area contributed by atoms with Crippen molar-refractivity contribution in [3.05, 3.63) is 53.1 Å². The van der Waals surface area contributed by atoms with Crippen LogP contribution in [-0.2, 0) is 0 Å². The fraction of sp³-hybridized carbons (Fsp3) is 0.250. The molecule has 1 unspecified atom stereocenters. The zero-order chi connectivity index (χ0) is 15.2. The number of rotatable bonds is 6. The Kier molecular flexibility index (Phi) is 5.31. The number of benzene rings is 2. The van der Waals surface area contributed by atoms with Gasteiger partial charge in [0, 0.05) is 22.3 Å². The first-order valence-corrected chi connectivity index (χ1v) is 6.91. The van der Waals surface area contributed by atoms with Gasteiger partial charge >= 0.3 is 0 Å². The lowest BCUT2D eigenvalue weighted by atomic mass is 10.1. The molecule has 4 nitrogen and oxygen atoms in total. The van der Waals surface area contributed by atoms with E-state index in [1.54, 1.807) is 20.3 Å². The van der Waals surface area contributed by atoms with Gasteiger partial charge in [0.15, 0.2) is 0 Å². The molecule has 0 saturated heterocycles. The summed E-state index contributed by atoms with van der Waals surface area (Å²) in [4.78, 5) is 0. The topological polar surface area (TPSA) is 50.7 Å². The number of nitrogens with one attached hydrogen (secondary N) is 1. The molecule has 0 spiro atoms. The molecular weight excluding hydrogens is 290 g/mol. The Bertz CT molecular complexity index is 604. The molecule has 0 aliphatic carbocycles. The second-order valence-corrected chi connectivity index (χ2v) is 4.87. The van der Waals surface area contributed by atoms with Gasteiger partial charge in [-0.05, 0) is 24.3 Å². The highest BCUT2D eigenvalue weighted by Crippen LogP contribution is 2.34. The largest absolute Gasteiger partial charge is 0.497 e. The molecule has 0 aliphatic heterocycles. The number of hydrogen-bond acceptors (Lipinski definition) is 4. The SMILES string of the molecule is COc1cccc(NC(CO)c2c(Cl)cccc2OC)c1. The van der Waals surface area contributed by atoms with Crippen LogP contribution in [-0.4, -0.2) is 25.9 Å². The summed E-state index contributed by atoms with van der Waals surface area (Å²) in [6, 6.07) is 12.5. The summed E-state index contributed by atoms with van der Waals surface area (Å²) >= 11 is 6.25. The molecular formula is C16H18ClNO3. The second kappa shape index (κ2) is 7.20. The Labute approximate surface area is 129 Å². The maximum absolute atomic E-state index is 9.70. The van der Waals surface area contributed by atoms with E-state index in [-0.39, 0.29) is 12.6 Å². The van der Waals surface area contributed by atoms with Crippen LogP contribution in [0.5, 0.6) is 11.5 Å². The van der Waals surface area contributed by atoms with E-state index in [9.17, 15) is 5.11 Å². The molecule has 0 heterocycles. The molecule has 0 aromatic heterocycles. The molecule has 2 rings (SSSR count). The van der Waals surface area contributed by atoms with Gasteiger partial charge in [0.25, 0.3) is 0 Å². The normalized spacial score (nSPS) is 11.8. The molecule has 0 amide bonds. The Morgan fingerprint density at radius 3 is 2.57 bits per heavy atom. The van der Waals surface area contributed by atoms with Crippen molar-refractivity contribution < 1.29 is 14.6 Å². The average molecular weight is 308 g/mol. The van der Waals surface area contributed by atoms with Gasteiger partial charge in [-0.2, -0.15) is 0 Å². The predicted molar refractivity (Wildman–Crippen MR) is 84.4 cm³/mol. The zero-order valence-corrected chi connectivity index (χ0v) is 12.7. The third kappa shape index (κ3) is 3.60. The molecule has 21 heavy (non-hydrogen) atoms. The lowest BCUT2D eigenvalue weighted by molar-refractivity contribution is 0.273. The van der Waals surface area contributed by atoms with Gasteiger partial charge in [-0.3, -0.25) is 0 Å². The van der Waals surface area contributed by atoms with Gasteiger partial charge in [0.1, 0.15) is 11.5 Å². The van der Waals surface area contributed by atoms with E-state index in [4.69, 9.17) is 21.1 Å².